The Kier molecular flexibility index (Phi) is 8.35. The predicted octanol–water partition coefficient (Wildman–Crippen LogP) is 1.05. The van der Waals surface area contributed by atoms with Crippen LogP contribution in [0.25, 0.3) is 0 Å². The Bertz CT molecular complexity index is 434. The molecule has 21 heavy (non-hydrogen) atoms. The van der Waals surface area contributed by atoms with E-state index in [1.165, 1.54) is 0 Å². The van der Waals surface area contributed by atoms with E-state index >= 15 is 0 Å². The van der Waals surface area contributed by atoms with Gasteiger partial charge in [-0.15, -0.1) is 0 Å². The van der Waals surface area contributed by atoms with E-state index in [1.807, 2.05) is 59.3 Å². The Balaban J connectivity index is 2.46. The van der Waals surface area contributed by atoms with Crippen molar-refractivity contribution >= 4 is 5.97 Å². The lowest BCUT2D eigenvalue weighted by Crippen LogP contribution is -2.29. The lowest BCUT2D eigenvalue weighted by molar-refractivity contribution is -0.138. The molecule has 5 heteroatoms. The molecular formula is C16H24N2O3. The summed E-state index contributed by atoms with van der Waals surface area (Å²) in [4.78, 5) is 14.8. The number of carboxylic acid groups (broad SMARTS) is 1. The molecule has 0 aliphatic carbocycles. The zero-order valence-electron chi connectivity index (χ0n) is 12.5. The highest BCUT2D eigenvalue weighted by molar-refractivity contribution is 5.69. The third-order valence-electron chi connectivity index (χ3n) is 3.04. The molecule has 0 aliphatic heterocycles. The van der Waals surface area contributed by atoms with Crippen LogP contribution in [-0.2, 0) is 11.3 Å². The predicted molar refractivity (Wildman–Crippen MR) is 83.1 cm³/mol. The number of aliphatic hydroxyl groups is 1. The van der Waals surface area contributed by atoms with E-state index in [0.717, 1.165) is 12.1 Å². The Morgan fingerprint density at radius 1 is 1.19 bits per heavy atom. The molecule has 0 spiro atoms. The fourth-order valence-corrected chi connectivity index (χ4v) is 1.96. The first-order valence-electron chi connectivity index (χ1n) is 7.04. The van der Waals surface area contributed by atoms with Crippen LogP contribution < -0.4 is 0 Å². The van der Waals surface area contributed by atoms with E-state index in [9.17, 15) is 4.79 Å². The topological polar surface area (TPSA) is 64.0 Å². The SMILES string of the molecule is CN(C/C=C/CN(CC(=O)O)Cc1ccccc1)CCO. The lowest BCUT2D eigenvalue weighted by atomic mass is 10.2. The van der Waals surface area contributed by atoms with Crippen LogP contribution in [0.15, 0.2) is 42.5 Å². The molecule has 0 unspecified atom stereocenters. The first-order valence-corrected chi connectivity index (χ1v) is 7.04. The van der Waals surface area contributed by atoms with Crippen molar-refractivity contribution < 1.29 is 15.0 Å². The fraction of sp³-hybridized carbons (Fsp3) is 0.438. The smallest absolute Gasteiger partial charge is 0.317 e. The van der Waals surface area contributed by atoms with Gasteiger partial charge in [0, 0.05) is 26.2 Å². The molecule has 0 fully saturated rings. The number of carbonyl (C=O) groups is 1. The normalized spacial score (nSPS) is 11.6. The van der Waals surface area contributed by atoms with Crippen LogP contribution in [0.4, 0.5) is 0 Å². The van der Waals surface area contributed by atoms with Gasteiger partial charge < -0.3 is 15.1 Å². The first-order chi connectivity index (χ1) is 10.1. The van der Waals surface area contributed by atoms with Crippen molar-refractivity contribution in [3.05, 3.63) is 48.0 Å². The molecule has 0 heterocycles. The molecule has 116 valence electrons. The van der Waals surface area contributed by atoms with Crippen LogP contribution in [0.2, 0.25) is 0 Å². The second kappa shape index (κ2) is 10.1. The van der Waals surface area contributed by atoms with Gasteiger partial charge in [0.15, 0.2) is 0 Å². The van der Waals surface area contributed by atoms with Gasteiger partial charge in [-0.05, 0) is 12.6 Å². The average Bonchev–Trinajstić information content (AvgIpc) is 2.44. The summed E-state index contributed by atoms with van der Waals surface area (Å²) in [5, 5.41) is 17.8. The van der Waals surface area contributed by atoms with Gasteiger partial charge >= 0.3 is 5.97 Å². The van der Waals surface area contributed by atoms with Crippen molar-refractivity contribution in [1.29, 1.82) is 0 Å². The second-order valence-corrected chi connectivity index (χ2v) is 5.01. The summed E-state index contributed by atoms with van der Waals surface area (Å²) in [7, 11) is 1.93. The van der Waals surface area contributed by atoms with Crippen molar-refractivity contribution in [2.45, 2.75) is 6.54 Å². The number of carboxylic acids is 1. The van der Waals surface area contributed by atoms with Gasteiger partial charge in [0.05, 0.1) is 13.2 Å². The van der Waals surface area contributed by atoms with Gasteiger partial charge in [0.1, 0.15) is 0 Å². The molecule has 1 aromatic rings. The summed E-state index contributed by atoms with van der Waals surface area (Å²) in [6, 6.07) is 9.84. The highest BCUT2D eigenvalue weighted by Gasteiger charge is 2.08. The Morgan fingerprint density at radius 3 is 2.48 bits per heavy atom. The minimum absolute atomic E-state index is 0.0196. The van der Waals surface area contributed by atoms with Crippen LogP contribution in [0.5, 0.6) is 0 Å². The minimum Gasteiger partial charge on any atom is -0.480 e. The van der Waals surface area contributed by atoms with Crippen molar-refractivity contribution in [2.75, 3.05) is 39.8 Å². The lowest BCUT2D eigenvalue weighted by Gasteiger charge is -2.18. The Hall–Kier alpha value is -1.69. The summed E-state index contributed by atoms with van der Waals surface area (Å²) in [6.45, 7) is 2.74. The maximum Gasteiger partial charge on any atom is 0.317 e. The summed E-state index contributed by atoms with van der Waals surface area (Å²) in [6.07, 6.45) is 3.97. The first kappa shape index (κ1) is 17.4. The van der Waals surface area contributed by atoms with Crippen molar-refractivity contribution in [2.24, 2.45) is 0 Å². The average molecular weight is 292 g/mol. The van der Waals surface area contributed by atoms with Crippen LogP contribution >= 0.6 is 0 Å². The third kappa shape index (κ3) is 8.24. The zero-order chi connectivity index (χ0) is 15.5. The van der Waals surface area contributed by atoms with Crippen molar-refractivity contribution in [3.8, 4) is 0 Å². The quantitative estimate of drug-likeness (QED) is 0.631. The zero-order valence-corrected chi connectivity index (χ0v) is 12.5. The Morgan fingerprint density at radius 2 is 1.86 bits per heavy atom. The van der Waals surface area contributed by atoms with Gasteiger partial charge in [-0.25, -0.2) is 0 Å². The fourth-order valence-electron chi connectivity index (χ4n) is 1.96. The number of nitrogens with zero attached hydrogens (tertiary/aromatic N) is 2. The minimum atomic E-state index is -0.822. The van der Waals surface area contributed by atoms with E-state index in [1.54, 1.807) is 0 Å². The van der Waals surface area contributed by atoms with Crippen molar-refractivity contribution in [1.82, 2.24) is 9.80 Å². The molecule has 1 rings (SSSR count). The van der Waals surface area contributed by atoms with Gasteiger partial charge in [0.2, 0.25) is 0 Å². The van der Waals surface area contributed by atoms with E-state index in [0.29, 0.717) is 19.6 Å². The molecule has 0 aliphatic rings. The van der Waals surface area contributed by atoms with E-state index in [2.05, 4.69) is 0 Å². The molecule has 0 atom stereocenters. The number of hydrogen-bond acceptors (Lipinski definition) is 4. The highest BCUT2D eigenvalue weighted by atomic mass is 16.4. The molecule has 0 bridgehead atoms. The van der Waals surface area contributed by atoms with Crippen LogP contribution in [0.3, 0.4) is 0 Å². The third-order valence-corrected chi connectivity index (χ3v) is 3.04. The monoisotopic (exact) mass is 292 g/mol. The van der Waals surface area contributed by atoms with Gasteiger partial charge in [-0.2, -0.15) is 0 Å². The summed E-state index contributed by atoms with van der Waals surface area (Å²) in [5.41, 5.74) is 1.10. The van der Waals surface area contributed by atoms with E-state index in [-0.39, 0.29) is 13.2 Å². The standard InChI is InChI=1S/C16H24N2O3/c1-17(11-12-19)9-5-6-10-18(14-16(20)21)13-15-7-3-2-4-8-15/h2-8,19H,9-14H2,1H3,(H,20,21)/b6-5+. The van der Waals surface area contributed by atoms with Crippen LogP contribution in [-0.4, -0.2) is 65.8 Å². The van der Waals surface area contributed by atoms with E-state index in [4.69, 9.17) is 10.2 Å². The van der Waals surface area contributed by atoms with Gasteiger partial charge in [-0.3, -0.25) is 9.69 Å². The summed E-state index contributed by atoms with van der Waals surface area (Å²) >= 11 is 0. The Labute approximate surface area is 126 Å². The molecule has 5 nitrogen and oxygen atoms in total. The number of aliphatic carboxylic acids is 1. The van der Waals surface area contributed by atoms with Crippen LogP contribution in [0.1, 0.15) is 5.56 Å². The van der Waals surface area contributed by atoms with Crippen LogP contribution in [0, 0.1) is 0 Å². The second-order valence-electron chi connectivity index (χ2n) is 5.01. The molecule has 0 saturated heterocycles. The highest BCUT2D eigenvalue weighted by Crippen LogP contribution is 2.04. The number of likely N-dealkylation sites (N-methyl/N-ethyl adjacent to an activating group) is 1. The number of aliphatic hydroxyl groups excluding tert-OH is 1. The molecular weight excluding hydrogens is 268 g/mol. The maximum absolute atomic E-state index is 10.9. The molecule has 0 radical (unpaired) electrons. The van der Waals surface area contributed by atoms with Gasteiger partial charge in [0.25, 0.3) is 0 Å². The largest absolute Gasteiger partial charge is 0.480 e. The summed E-state index contributed by atoms with van der Waals surface area (Å²) < 4.78 is 0. The van der Waals surface area contributed by atoms with Crippen molar-refractivity contribution in [3.63, 3.8) is 0 Å². The molecule has 2 N–H and O–H groups in total. The number of rotatable bonds is 10. The number of benzene rings is 1. The molecule has 0 aromatic heterocycles. The number of hydrogen-bond donors (Lipinski definition) is 2. The van der Waals surface area contributed by atoms with E-state index < -0.39 is 5.97 Å². The molecule has 0 amide bonds. The molecule has 0 saturated carbocycles. The summed E-state index contributed by atoms with van der Waals surface area (Å²) in [5.74, 6) is -0.822. The maximum atomic E-state index is 10.9. The molecule has 1 aromatic carbocycles. The van der Waals surface area contributed by atoms with Gasteiger partial charge in [-0.1, -0.05) is 42.5 Å².